The Bertz CT molecular complexity index is 450. The van der Waals surface area contributed by atoms with Crippen LogP contribution in [0.3, 0.4) is 0 Å². The van der Waals surface area contributed by atoms with Gasteiger partial charge in [-0.05, 0) is 30.7 Å². The molecule has 3 rings (SSSR count). The lowest BCUT2D eigenvalue weighted by Gasteiger charge is -2.15. The molecule has 1 heterocycles. The van der Waals surface area contributed by atoms with E-state index in [9.17, 15) is 0 Å². The van der Waals surface area contributed by atoms with E-state index in [2.05, 4.69) is 65.6 Å². The quantitative estimate of drug-likeness (QED) is 0.823. The lowest BCUT2D eigenvalue weighted by molar-refractivity contribution is 0.332. The number of thioether (sulfide) groups is 1. The van der Waals surface area contributed by atoms with Crippen LogP contribution in [-0.2, 0) is 6.54 Å². The van der Waals surface area contributed by atoms with Gasteiger partial charge in [-0.15, -0.1) is 11.8 Å². The molecule has 19 heavy (non-hydrogen) atoms. The summed E-state index contributed by atoms with van der Waals surface area (Å²) in [6.07, 6.45) is 1.30. The predicted octanol–water partition coefficient (Wildman–Crippen LogP) is 4.05. The molecule has 0 aliphatic carbocycles. The van der Waals surface area contributed by atoms with Crippen LogP contribution in [0.15, 0.2) is 65.6 Å². The minimum absolute atomic E-state index is 0.742. The van der Waals surface area contributed by atoms with Crippen molar-refractivity contribution >= 4 is 11.8 Å². The van der Waals surface area contributed by atoms with Crippen LogP contribution in [0.5, 0.6) is 0 Å². The van der Waals surface area contributed by atoms with E-state index in [1.165, 1.54) is 30.0 Å². The van der Waals surface area contributed by atoms with E-state index in [-0.39, 0.29) is 0 Å². The molecule has 1 aliphatic rings. The molecule has 0 radical (unpaired) electrons. The summed E-state index contributed by atoms with van der Waals surface area (Å²) in [5, 5.41) is 0.742. The normalized spacial score (nSPS) is 19.7. The van der Waals surface area contributed by atoms with E-state index in [1.807, 2.05) is 11.8 Å². The number of hydrogen-bond acceptors (Lipinski definition) is 2. The fourth-order valence-electron chi connectivity index (χ4n) is 2.57. The van der Waals surface area contributed by atoms with E-state index in [4.69, 9.17) is 0 Å². The van der Waals surface area contributed by atoms with Gasteiger partial charge in [0.05, 0.1) is 0 Å². The van der Waals surface area contributed by atoms with Gasteiger partial charge in [-0.2, -0.15) is 0 Å². The minimum Gasteiger partial charge on any atom is -0.298 e. The van der Waals surface area contributed by atoms with Crippen LogP contribution >= 0.6 is 11.8 Å². The first-order chi connectivity index (χ1) is 9.40. The van der Waals surface area contributed by atoms with Gasteiger partial charge in [-0.3, -0.25) is 4.90 Å². The second-order valence-corrected chi connectivity index (χ2v) is 6.44. The van der Waals surface area contributed by atoms with Gasteiger partial charge in [0.25, 0.3) is 0 Å². The molecular weight excluding hydrogens is 250 g/mol. The molecule has 0 saturated carbocycles. The summed E-state index contributed by atoms with van der Waals surface area (Å²) in [6.45, 7) is 3.51. The largest absolute Gasteiger partial charge is 0.298 e. The van der Waals surface area contributed by atoms with Crippen molar-refractivity contribution in [1.82, 2.24) is 4.90 Å². The average molecular weight is 269 g/mol. The maximum atomic E-state index is 2.57. The van der Waals surface area contributed by atoms with Gasteiger partial charge in [0.15, 0.2) is 0 Å². The third kappa shape index (κ3) is 3.62. The Morgan fingerprint density at radius 1 is 0.947 bits per heavy atom. The summed E-state index contributed by atoms with van der Waals surface area (Å²) in [5.74, 6) is 0. The average Bonchev–Trinajstić information content (AvgIpc) is 2.88. The first-order valence-electron chi connectivity index (χ1n) is 6.88. The highest BCUT2D eigenvalue weighted by Gasteiger charge is 2.23. The van der Waals surface area contributed by atoms with Crippen LogP contribution < -0.4 is 0 Å². The van der Waals surface area contributed by atoms with E-state index >= 15 is 0 Å². The molecule has 1 fully saturated rings. The topological polar surface area (TPSA) is 3.24 Å². The first kappa shape index (κ1) is 12.8. The number of hydrogen-bond donors (Lipinski definition) is 0. The lowest BCUT2D eigenvalue weighted by Crippen LogP contribution is -2.20. The van der Waals surface area contributed by atoms with Gasteiger partial charge in [0.2, 0.25) is 0 Å². The summed E-state index contributed by atoms with van der Waals surface area (Å²) < 4.78 is 0. The van der Waals surface area contributed by atoms with Crippen molar-refractivity contribution in [2.75, 3.05) is 13.1 Å². The van der Waals surface area contributed by atoms with Gasteiger partial charge in [0, 0.05) is 23.2 Å². The van der Waals surface area contributed by atoms with E-state index in [1.54, 1.807) is 0 Å². The van der Waals surface area contributed by atoms with Crippen molar-refractivity contribution in [2.45, 2.75) is 23.1 Å². The highest BCUT2D eigenvalue weighted by Crippen LogP contribution is 2.30. The molecule has 0 amide bonds. The van der Waals surface area contributed by atoms with Crippen molar-refractivity contribution in [3.8, 4) is 0 Å². The molecule has 0 aromatic heterocycles. The van der Waals surface area contributed by atoms with Crippen molar-refractivity contribution in [1.29, 1.82) is 0 Å². The highest BCUT2D eigenvalue weighted by atomic mass is 32.2. The van der Waals surface area contributed by atoms with Crippen LogP contribution in [0.2, 0.25) is 0 Å². The van der Waals surface area contributed by atoms with Crippen LogP contribution in [0, 0.1) is 0 Å². The molecule has 0 bridgehead atoms. The van der Waals surface area contributed by atoms with Crippen molar-refractivity contribution in [3.63, 3.8) is 0 Å². The summed E-state index contributed by atoms with van der Waals surface area (Å²) in [7, 11) is 0. The van der Waals surface area contributed by atoms with Crippen molar-refractivity contribution < 1.29 is 0 Å². The number of nitrogens with zero attached hydrogens (tertiary/aromatic N) is 1. The predicted molar refractivity (Wildman–Crippen MR) is 82.4 cm³/mol. The molecular formula is C17H19NS. The van der Waals surface area contributed by atoms with Crippen LogP contribution in [-0.4, -0.2) is 23.2 Å². The fourth-order valence-corrected chi connectivity index (χ4v) is 3.78. The van der Waals surface area contributed by atoms with Crippen LogP contribution in [0.4, 0.5) is 0 Å². The zero-order valence-corrected chi connectivity index (χ0v) is 11.9. The molecule has 2 aromatic rings. The summed E-state index contributed by atoms with van der Waals surface area (Å²) >= 11 is 2.02. The number of benzene rings is 2. The monoisotopic (exact) mass is 269 g/mol. The van der Waals surface area contributed by atoms with Gasteiger partial charge in [-0.1, -0.05) is 48.5 Å². The Kier molecular flexibility index (Phi) is 4.21. The molecule has 0 spiro atoms. The molecule has 0 N–H and O–H groups in total. The van der Waals surface area contributed by atoms with E-state index in [0.29, 0.717) is 0 Å². The minimum atomic E-state index is 0.742. The van der Waals surface area contributed by atoms with Crippen molar-refractivity contribution in [3.05, 3.63) is 66.2 Å². The zero-order valence-electron chi connectivity index (χ0n) is 11.0. The molecule has 1 nitrogen and oxygen atoms in total. The summed E-state index contributed by atoms with van der Waals surface area (Å²) in [6, 6.07) is 21.5. The molecule has 1 aliphatic heterocycles. The van der Waals surface area contributed by atoms with Crippen LogP contribution in [0.25, 0.3) is 0 Å². The summed E-state index contributed by atoms with van der Waals surface area (Å²) in [5.41, 5.74) is 1.42. The van der Waals surface area contributed by atoms with E-state index < -0.39 is 0 Å². The Morgan fingerprint density at radius 3 is 2.37 bits per heavy atom. The Hall–Kier alpha value is -1.25. The third-order valence-corrected chi connectivity index (χ3v) is 4.79. The molecule has 2 aromatic carbocycles. The smallest absolute Gasteiger partial charge is 0.0234 e. The van der Waals surface area contributed by atoms with Gasteiger partial charge < -0.3 is 0 Å². The van der Waals surface area contributed by atoms with E-state index in [0.717, 1.165) is 11.8 Å². The molecule has 0 unspecified atom stereocenters. The molecule has 1 atom stereocenters. The summed E-state index contributed by atoms with van der Waals surface area (Å²) in [4.78, 5) is 3.96. The highest BCUT2D eigenvalue weighted by molar-refractivity contribution is 8.00. The molecule has 1 saturated heterocycles. The third-order valence-electron chi connectivity index (χ3n) is 3.52. The van der Waals surface area contributed by atoms with Crippen molar-refractivity contribution in [2.24, 2.45) is 0 Å². The maximum absolute atomic E-state index is 2.57. The number of rotatable bonds is 4. The second kappa shape index (κ2) is 6.27. The Labute approximate surface area is 119 Å². The zero-order chi connectivity index (χ0) is 12.9. The first-order valence-corrected chi connectivity index (χ1v) is 7.76. The SMILES string of the molecule is c1ccc(CN2CC[C@H](Sc3ccccc3)C2)cc1. The van der Waals surface area contributed by atoms with Crippen LogP contribution in [0.1, 0.15) is 12.0 Å². The van der Waals surface area contributed by atoms with Gasteiger partial charge in [-0.25, -0.2) is 0 Å². The van der Waals surface area contributed by atoms with Gasteiger partial charge in [0.1, 0.15) is 0 Å². The number of likely N-dealkylation sites (tertiary alicyclic amines) is 1. The Balaban J connectivity index is 1.53. The Morgan fingerprint density at radius 2 is 1.63 bits per heavy atom. The second-order valence-electron chi connectivity index (χ2n) is 5.06. The maximum Gasteiger partial charge on any atom is 0.0234 e. The lowest BCUT2D eigenvalue weighted by atomic mass is 10.2. The fraction of sp³-hybridized carbons (Fsp3) is 0.294. The van der Waals surface area contributed by atoms with Gasteiger partial charge >= 0.3 is 0 Å². The standard InChI is InChI=1S/C17H19NS/c1-3-7-15(8-4-1)13-18-12-11-17(14-18)19-16-9-5-2-6-10-16/h1-10,17H,11-14H2/t17-/m0/s1. The molecule has 2 heteroatoms. The molecule has 98 valence electrons.